The molecule has 20 heavy (non-hydrogen) atoms. The molecule has 1 aromatic carbocycles. The Labute approximate surface area is 125 Å². The highest BCUT2D eigenvalue weighted by Crippen LogP contribution is 2.27. The van der Waals surface area contributed by atoms with Crippen LogP contribution in [0.5, 0.6) is 0 Å². The van der Waals surface area contributed by atoms with E-state index in [-0.39, 0.29) is 5.41 Å². The monoisotopic (exact) mass is 290 g/mol. The van der Waals surface area contributed by atoms with E-state index in [1.807, 2.05) is 0 Å². The van der Waals surface area contributed by atoms with Gasteiger partial charge in [-0.3, -0.25) is 0 Å². The Morgan fingerprint density at radius 3 is 2.40 bits per heavy atom. The van der Waals surface area contributed by atoms with Crippen molar-refractivity contribution in [2.75, 3.05) is 5.75 Å². The number of benzene rings is 1. The van der Waals surface area contributed by atoms with Gasteiger partial charge in [-0.05, 0) is 29.5 Å². The maximum atomic E-state index is 5.68. The zero-order chi connectivity index (χ0) is 14.6. The van der Waals surface area contributed by atoms with Crippen LogP contribution in [-0.4, -0.2) is 16.0 Å². The van der Waals surface area contributed by atoms with E-state index in [0.717, 1.165) is 11.3 Å². The van der Waals surface area contributed by atoms with Gasteiger partial charge in [-0.2, -0.15) is 0 Å². The molecule has 3 nitrogen and oxygen atoms in total. The van der Waals surface area contributed by atoms with Crippen LogP contribution in [0.3, 0.4) is 0 Å². The fourth-order valence-corrected chi connectivity index (χ4v) is 2.65. The first kappa shape index (κ1) is 15.1. The third-order valence-corrected chi connectivity index (χ3v) is 4.03. The molecular formula is C16H22N2OS. The average molecular weight is 290 g/mol. The van der Waals surface area contributed by atoms with E-state index >= 15 is 0 Å². The van der Waals surface area contributed by atoms with Crippen molar-refractivity contribution in [2.24, 2.45) is 0 Å². The predicted molar refractivity (Wildman–Crippen MR) is 84.1 cm³/mol. The van der Waals surface area contributed by atoms with Gasteiger partial charge in [0.05, 0.1) is 0 Å². The fraction of sp³-hybridized carbons (Fsp3) is 0.500. The minimum absolute atomic E-state index is 0.161. The van der Waals surface area contributed by atoms with Crippen LogP contribution in [-0.2, 0) is 5.41 Å². The summed E-state index contributed by atoms with van der Waals surface area (Å²) in [6.45, 7) is 8.79. The molecule has 0 aliphatic rings. The number of hydrogen-bond donors (Lipinski definition) is 0. The van der Waals surface area contributed by atoms with Crippen molar-refractivity contribution in [3.05, 3.63) is 29.8 Å². The lowest BCUT2D eigenvalue weighted by Gasteiger charge is -2.18. The Kier molecular flexibility index (Phi) is 4.86. The lowest BCUT2D eigenvalue weighted by molar-refractivity contribution is 0.465. The molecule has 1 heterocycles. The second kappa shape index (κ2) is 6.44. The normalized spacial score (nSPS) is 11.8. The molecule has 2 aromatic rings. The maximum absolute atomic E-state index is 5.68. The van der Waals surface area contributed by atoms with Gasteiger partial charge in [-0.1, -0.05) is 58.0 Å². The Morgan fingerprint density at radius 1 is 1.10 bits per heavy atom. The van der Waals surface area contributed by atoms with Crippen LogP contribution in [0.1, 0.15) is 46.1 Å². The molecule has 2 rings (SSSR count). The summed E-state index contributed by atoms with van der Waals surface area (Å²) in [5, 5.41) is 8.86. The van der Waals surface area contributed by atoms with Gasteiger partial charge in [-0.25, -0.2) is 0 Å². The highest BCUT2D eigenvalue weighted by Gasteiger charge is 2.14. The summed E-state index contributed by atoms with van der Waals surface area (Å²) in [5.41, 5.74) is 2.44. The number of thioether (sulfide) groups is 1. The molecule has 0 aliphatic carbocycles. The van der Waals surface area contributed by atoms with Crippen molar-refractivity contribution in [1.29, 1.82) is 0 Å². The van der Waals surface area contributed by atoms with E-state index in [9.17, 15) is 0 Å². The summed E-state index contributed by atoms with van der Waals surface area (Å²) >= 11 is 1.63. The van der Waals surface area contributed by atoms with Gasteiger partial charge in [0.15, 0.2) is 0 Å². The minimum Gasteiger partial charge on any atom is -0.411 e. The quantitative estimate of drug-likeness (QED) is 0.578. The van der Waals surface area contributed by atoms with Gasteiger partial charge in [0.1, 0.15) is 0 Å². The molecule has 108 valence electrons. The summed E-state index contributed by atoms with van der Waals surface area (Å²) in [6.07, 6.45) is 2.35. The zero-order valence-corrected chi connectivity index (χ0v) is 13.5. The molecule has 0 radical (unpaired) electrons. The second-order valence-corrected chi connectivity index (χ2v) is 6.95. The fourth-order valence-electron chi connectivity index (χ4n) is 1.80. The van der Waals surface area contributed by atoms with Crippen LogP contribution in [0.4, 0.5) is 0 Å². The molecule has 0 saturated carbocycles. The molecule has 0 saturated heterocycles. The smallest absolute Gasteiger partial charge is 0.276 e. The standard InChI is InChI=1S/C16H22N2OS/c1-5-6-11-20-15-18-17-14(19-15)12-7-9-13(10-8-12)16(2,3)4/h7-10H,5-6,11H2,1-4H3. The minimum atomic E-state index is 0.161. The first-order chi connectivity index (χ1) is 9.50. The van der Waals surface area contributed by atoms with Crippen LogP contribution >= 0.6 is 11.8 Å². The van der Waals surface area contributed by atoms with Crippen molar-refractivity contribution in [2.45, 2.75) is 51.2 Å². The summed E-state index contributed by atoms with van der Waals surface area (Å²) in [4.78, 5) is 0. The molecule has 0 aliphatic heterocycles. The zero-order valence-electron chi connectivity index (χ0n) is 12.6. The molecule has 0 spiro atoms. The Bertz CT molecular complexity index is 540. The molecule has 0 fully saturated rings. The van der Waals surface area contributed by atoms with Gasteiger partial charge < -0.3 is 4.42 Å². The largest absolute Gasteiger partial charge is 0.411 e. The topological polar surface area (TPSA) is 38.9 Å². The summed E-state index contributed by atoms with van der Waals surface area (Å²) < 4.78 is 5.68. The average Bonchev–Trinajstić information content (AvgIpc) is 2.87. The lowest BCUT2D eigenvalue weighted by atomic mass is 9.87. The van der Waals surface area contributed by atoms with Crippen LogP contribution in [0.15, 0.2) is 33.9 Å². The Balaban J connectivity index is 2.08. The molecule has 0 amide bonds. The molecule has 0 unspecified atom stereocenters. The second-order valence-electron chi connectivity index (χ2n) is 5.90. The molecule has 0 N–H and O–H groups in total. The highest BCUT2D eigenvalue weighted by atomic mass is 32.2. The van der Waals surface area contributed by atoms with E-state index < -0.39 is 0 Å². The number of unbranched alkanes of at least 4 members (excludes halogenated alkanes) is 1. The van der Waals surface area contributed by atoms with Crippen molar-refractivity contribution in [1.82, 2.24) is 10.2 Å². The van der Waals surface area contributed by atoms with Crippen LogP contribution in [0, 0.1) is 0 Å². The Morgan fingerprint density at radius 2 is 1.80 bits per heavy atom. The first-order valence-electron chi connectivity index (χ1n) is 7.08. The highest BCUT2D eigenvalue weighted by molar-refractivity contribution is 7.99. The van der Waals surface area contributed by atoms with E-state index in [4.69, 9.17) is 4.42 Å². The van der Waals surface area contributed by atoms with Crippen molar-refractivity contribution < 1.29 is 4.42 Å². The molecule has 0 bridgehead atoms. The predicted octanol–water partition coefficient (Wildman–Crippen LogP) is 4.93. The van der Waals surface area contributed by atoms with Gasteiger partial charge in [0.2, 0.25) is 5.89 Å². The van der Waals surface area contributed by atoms with Gasteiger partial charge in [0, 0.05) is 11.3 Å². The van der Waals surface area contributed by atoms with E-state index in [1.54, 1.807) is 11.8 Å². The summed E-state index contributed by atoms with van der Waals surface area (Å²) in [6, 6.07) is 8.36. The number of nitrogens with zero attached hydrogens (tertiary/aromatic N) is 2. The van der Waals surface area contributed by atoms with Gasteiger partial charge in [0.25, 0.3) is 5.22 Å². The molecule has 0 atom stereocenters. The third kappa shape index (κ3) is 3.85. The van der Waals surface area contributed by atoms with Crippen LogP contribution in [0.25, 0.3) is 11.5 Å². The van der Waals surface area contributed by atoms with E-state index in [2.05, 4.69) is 62.2 Å². The van der Waals surface area contributed by atoms with Crippen LogP contribution < -0.4 is 0 Å². The summed E-state index contributed by atoms with van der Waals surface area (Å²) in [7, 11) is 0. The number of rotatable bonds is 5. The SMILES string of the molecule is CCCCSc1nnc(-c2ccc(C(C)(C)C)cc2)o1. The maximum Gasteiger partial charge on any atom is 0.276 e. The van der Waals surface area contributed by atoms with Gasteiger partial charge >= 0.3 is 0 Å². The summed E-state index contributed by atoms with van der Waals surface area (Å²) in [5.74, 6) is 1.63. The molecule has 4 heteroatoms. The van der Waals surface area contributed by atoms with Crippen LogP contribution in [0.2, 0.25) is 0 Å². The molecular weight excluding hydrogens is 268 g/mol. The van der Waals surface area contributed by atoms with E-state index in [0.29, 0.717) is 11.1 Å². The van der Waals surface area contributed by atoms with Crippen molar-refractivity contribution >= 4 is 11.8 Å². The first-order valence-corrected chi connectivity index (χ1v) is 8.06. The number of aromatic nitrogens is 2. The third-order valence-electron chi connectivity index (χ3n) is 3.13. The molecule has 1 aromatic heterocycles. The van der Waals surface area contributed by atoms with E-state index in [1.165, 1.54) is 18.4 Å². The number of hydrogen-bond acceptors (Lipinski definition) is 4. The van der Waals surface area contributed by atoms with Crippen molar-refractivity contribution in [3.8, 4) is 11.5 Å². The van der Waals surface area contributed by atoms with Gasteiger partial charge in [-0.15, -0.1) is 10.2 Å². The lowest BCUT2D eigenvalue weighted by Crippen LogP contribution is -2.10. The van der Waals surface area contributed by atoms with Crippen molar-refractivity contribution in [3.63, 3.8) is 0 Å². The Hall–Kier alpha value is -1.29.